The third-order valence-corrected chi connectivity index (χ3v) is 9.40. The Morgan fingerprint density at radius 1 is 1.28 bits per heavy atom. The van der Waals surface area contributed by atoms with E-state index < -0.39 is 79.7 Å². The van der Waals surface area contributed by atoms with Gasteiger partial charge in [-0.2, -0.15) is 23.4 Å². The summed E-state index contributed by atoms with van der Waals surface area (Å²) in [6.45, 7) is 8.74. The molecule has 2 aromatic heterocycles. The number of amides is 1. The van der Waals surface area contributed by atoms with Crippen molar-refractivity contribution in [3.8, 4) is 17.2 Å². The second kappa shape index (κ2) is 12.3. The van der Waals surface area contributed by atoms with Crippen molar-refractivity contribution in [2.24, 2.45) is 0 Å². The Morgan fingerprint density at radius 3 is 2.60 bits per heavy atom. The zero-order valence-electron chi connectivity index (χ0n) is 25.5. The van der Waals surface area contributed by atoms with Crippen molar-refractivity contribution in [1.29, 1.82) is 5.26 Å². The maximum Gasteiger partial charge on any atom is 0.417 e. The highest BCUT2D eigenvalue weighted by Gasteiger charge is 2.44. The summed E-state index contributed by atoms with van der Waals surface area (Å²) in [5.41, 5.74) is -6.05. The quantitative estimate of drug-likeness (QED) is 0.160. The molecule has 250 valence electrons. The lowest BCUT2D eigenvalue weighted by Crippen LogP contribution is -2.34. The highest BCUT2D eigenvalue weighted by molar-refractivity contribution is 7.23. The molecule has 0 spiro atoms. The molecule has 2 atom stereocenters. The van der Waals surface area contributed by atoms with E-state index in [-0.39, 0.29) is 20.6 Å². The second-order valence-electron chi connectivity index (χ2n) is 12.6. The fraction of sp³-hybridized carbons (Fsp3) is 0.419. The van der Waals surface area contributed by atoms with Crippen LogP contribution >= 0.6 is 22.9 Å². The number of aromatic nitrogens is 2. The van der Waals surface area contributed by atoms with Gasteiger partial charge in [-0.05, 0) is 71.2 Å². The molecule has 8 nitrogen and oxygen atoms in total. The summed E-state index contributed by atoms with van der Waals surface area (Å²) in [6, 6.07) is 3.91. The first-order valence-corrected chi connectivity index (χ1v) is 15.6. The van der Waals surface area contributed by atoms with Crippen LogP contribution in [0.1, 0.15) is 58.1 Å². The standard InChI is InChI=1S/C23H14ClF5N4O3S.C8H14FN/c1-22(2,3)36-21(35)33-19-10(7-30)13-8(4-5-12(25)17(13)37-19)14-11(23(27,28)29)6-9-16(15(14)26)31-20(34)32-18(9)24;1-8-3-2-4-10(8)6-7(9)5-8/h4-6H,1-3H3,(H,33,35)(H,31,32,34);7H,2-6H2,1H3/t;7?,8-/m.0/s1. The van der Waals surface area contributed by atoms with Gasteiger partial charge in [0.2, 0.25) is 0 Å². The predicted octanol–water partition coefficient (Wildman–Crippen LogP) is 8.56. The molecule has 2 aliphatic heterocycles. The van der Waals surface area contributed by atoms with Crippen LogP contribution in [-0.4, -0.2) is 51.4 Å². The van der Waals surface area contributed by atoms with Gasteiger partial charge in [-0.25, -0.2) is 22.8 Å². The number of aromatic amines is 1. The van der Waals surface area contributed by atoms with E-state index in [9.17, 15) is 36.8 Å². The molecule has 2 aromatic carbocycles. The minimum atomic E-state index is -5.13. The van der Waals surface area contributed by atoms with Crippen molar-refractivity contribution in [1.82, 2.24) is 14.9 Å². The lowest BCUT2D eigenvalue weighted by Gasteiger charge is -2.25. The summed E-state index contributed by atoms with van der Waals surface area (Å²) < 4.78 is 90.6. The van der Waals surface area contributed by atoms with Crippen LogP contribution in [-0.2, 0) is 10.9 Å². The van der Waals surface area contributed by atoms with Crippen molar-refractivity contribution in [3.05, 3.63) is 56.6 Å². The Bertz CT molecular complexity index is 2000. The number of anilines is 1. The zero-order valence-corrected chi connectivity index (χ0v) is 27.0. The number of fused-ring (bicyclic) bond motifs is 3. The lowest BCUT2D eigenvalue weighted by molar-refractivity contribution is -0.137. The number of benzene rings is 2. The normalized spacial score (nSPS) is 19.7. The second-order valence-corrected chi connectivity index (χ2v) is 14.0. The molecular formula is C31H28ClF6N5O3S. The molecule has 1 amide bonds. The number of thiophene rings is 1. The first-order chi connectivity index (χ1) is 21.8. The SMILES string of the molecule is CC(C)(C)OC(=O)Nc1sc2c(F)ccc(-c3c(C(F)(F)F)cc4c(Cl)[nH]c(=O)nc4c3F)c2c1C#N.C[C@@]12CCCN1CC(F)C2. The first-order valence-electron chi connectivity index (χ1n) is 14.4. The summed E-state index contributed by atoms with van der Waals surface area (Å²) in [7, 11) is 0. The van der Waals surface area contributed by atoms with E-state index in [4.69, 9.17) is 16.3 Å². The Morgan fingerprint density at radius 2 is 1.98 bits per heavy atom. The predicted molar refractivity (Wildman–Crippen MR) is 166 cm³/mol. The van der Waals surface area contributed by atoms with E-state index in [2.05, 4.69) is 22.1 Å². The molecule has 0 bridgehead atoms. The lowest BCUT2D eigenvalue weighted by atomic mass is 9.93. The number of rotatable bonds is 2. The molecule has 2 aliphatic rings. The fourth-order valence-electron chi connectivity index (χ4n) is 6.07. The third-order valence-electron chi connectivity index (χ3n) is 7.99. The molecule has 4 aromatic rings. The molecule has 2 N–H and O–H groups in total. The van der Waals surface area contributed by atoms with Crippen molar-refractivity contribution in [2.45, 2.75) is 70.4 Å². The number of H-pyrrole nitrogens is 1. The monoisotopic (exact) mass is 699 g/mol. The first kappa shape index (κ1) is 34.5. The zero-order chi connectivity index (χ0) is 34.6. The van der Waals surface area contributed by atoms with Gasteiger partial charge in [-0.1, -0.05) is 17.7 Å². The molecule has 2 fully saturated rings. The van der Waals surface area contributed by atoms with E-state index in [1.807, 2.05) is 4.98 Å². The van der Waals surface area contributed by atoms with Crippen LogP contribution in [0.25, 0.3) is 32.1 Å². The van der Waals surface area contributed by atoms with Crippen LogP contribution in [0.3, 0.4) is 0 Å². The molecule has 1 unspecified atom stereocenters. The van der Waals surface area contributed by atoms with Gasteiger partial charge in [0.15, 0.2) is 5.82 Å². The molecule has 47 heavy (non-hydrogen) atoms. The number of nitrogens with zero attached hydrogens (tertiary/aromatic N) is 3. The van der Waals surface area contributed by atoms with Crippen LogP contribution in [0.15, 0.2) is 23.0 Å². The topological polar surface area (TPSA) is 111 Å². The van der Waals surface area contributed by atoms with E-state index >= 15 is 4.39 Å². The summed E-state index contributed by atoms with van der Waals surface area (Å²) in [5, 5.41) is 10.4. The van der Waals surface area contributed by atoms with E-state index in [0.717, 1.165) is 25.1 Å². The molecule has 6 rings (SSSR count). The average molecular weight is 700 g/mol. The van der Waals surface area contributed by atoms with Crippen LogP contribution < -0.4 is 11.0 Å². The maximum absolute atomic E-state index is 15.7. The molecule has 4 heterocycles. The van der Waals surface area contributed by atoms with Gasteiger partial charge in [0.05, 0.1) is 15.8 Å². The number of nitriles is 1. The Labute approximate surface area is 273 Å². The van der Waals surface area contributed by atoms with Gasteiger partial charge in [-0.3, -0.25) is 15.2 Å². The molecular weight excluding hydrogens is 672 g/mol. The molecule has 0 radical (unpaired) electrons. The van der Waals surface area contributed by atoms with E-state index in [1.54, 1.807) is 26.8 Å². The summed E-state index contributed by atoms with van der Waals surface area (Å²) >= 11 is 6.40. The number of carbonyl (C=O) groups is 1. The van der Waals surface area contributed by atoms with Crippen LogP contribution in [0.2, 0.25) is 5.15 Å². The van der Waals surface area contributed by atoms with E-state index in [0.29, 0.717) is 23.9 Å². The number of halogens is 7. The van der Waals surface area contributed by atoms with E-state index in [1.165, 1.54) is 12.8 Å². The van der Waals surface area contributed by atoms with Gasteiger partial charge >= 0.3 is 18.0 Å². The van der Waals surface area contributed by atoms with Crippen LogP contribution in [0.4, 0.5) is 36.1 Å². The van der Waals surface area contributed by atoms with Crippen molar-refractivity contribution >= 4 is 55.0 Å². The highest BCUT2D eigenvalue weighted by atomic mass is 35.5. The largest absolute Gasteiger partial charge is 0.444 e. The number of hydrogen-bond donors (Lipinski definition) is 2. The van der Waals surface area contributed by atoms with Gasteiger partial charge in [0.25, 0.3) is 0 Å². The Hall–Kier alpha value is -3.87. The maximum atomic E-state index is 15.7. The van der Waals surface area contributed by atoms with Crippen LogP contribution in [0, 0.1) is 23.0 Å². The van der Waals surface area contributed by atoms with Crippen LogP contribution in [0.5, 0.6) is 0 Å². The van der Waals surface area contributed by atoms with Crippen molar-refractivity contribution in [2.75, 3.05) is 18.4 Å². The molecule has 0 aliphatic carbocycles. The third kappa shape index (κ3) is 6.77. The number of alkyl halides is 4. The highest BCUT2D eigenvalue weighted by Crippen LogP contribution is 2.48. The number of nitrogens with one attached hydrogen (secondary N) is 2. The number of ether oxygens (including phenoxy) is 1. The summed E-state index contributed by atoms with van der Waals surface area (Å²) in [6.07, 6.45) is -3.44. The molecule has 2 saturated heterocycles. The Kier molecular flexibility index (Phi) is 9.02. The smallest absolute Gasteiger partial charge is 0.417 e. The van der Waals surface area contributed by atoms with Gasteiger partial charge in [-0.15, -0.1) is 11.3 Å². The molecule has 0 saturated carbocycles. The number of carbonyl (C=O) groups excluding carboxylic acids is 1. The summed E-state index contributed by atoms with van der Waals surface area (Å²) in [4.78, 5) is 31.7. The summed E-state index contributed by atoms with van der Waals surface area (Å²) in [5.74, 6) is -2.48. The number of hydrogen-bond acceptors (Lipinski definition) is 7. The van der Waals surface area contributed by atoms with Crippen molar-refractivity contribution in [3.63, 3.8) is 0 Å². The average Bonchev–Trinajstić information content (AvgIpc) is 3.56. The fourth-order valence-corrected chi connectivity index (χ4v) is 7.36. The molecule has 16 heteroatoms. The Balaban J connectivity index is 0.000000365. The van der Waals surface area contributed by atoms with Gasteiger partial charge in [0, 0.05) is 28.4 Å². The van der Waals surface area contributed by atoms with Gasteiger partial charge in [0.1, 0.15) is 39.3 Å². The van der Waals surface area contributed by atoms with Crippen molar-refractivity contribution < 1.29 is 35.9 Å². The van der Waals surface area contributed by atoms with Gasteiger partial charge < -0.3 is 4.74 Å². The minimum absolute atomic E-state index is 0.217. The minimum Gasteiger partial charge on any atom is -0.444 e.